The zero-order valence-electron chi connectivity index (χ0n) is 17.4. The Morgan fingerprint density at radius 2 is 1.93 bits per heavy atom. The minimum Gasteiger partial charge on any atom is -0.508 e. The van der Waals surface area contributed by atoms with Gasteiger partial charge in [0.2, 0.25) is 0 Å². The highest BCUT2D eigenvalue weighted by Gasteiger charge is 2.23. The van der Waals surface area contributed by atoms with Crippen molar-refractivity contribution in [1.82, 2.24) is 0 Å². The second-order valence-corrected chi connectivity index (χ2v) is 7.61. The minimum atomic E-state index is -0.741. The monoisotopic (exact) mass is 438 g/mol. The van der Waals surface area contributed by atoms with Crippen LogP contribution in [0.1, 0.15) is 55.9 Å². The molecule has 2 aromatic rings. The van der Waals surface area contributed by atoms with Crippen LogP contribution in [0, 0.1) is 11.6 Å². The summed E-state index contributed by atoms with van der Waals surface area (Å²) in [4.78, 5) is 11.5. The molecule has 0 aromatic heterocycles. The second-order valence-electron chi connectivity index (χ2n) is 7.20. The summed E-state index contributed by atoms with van der Waals surface area (Å²) in [5, 5.41) is 10.1. The lowest BCUT2D eigenvalue weighted by atomic mass is 9.92. The first-order chi connectivity index (χ1) is 14.1. The van der Waals surface area contributed by atoms with Crippen molar-refractivity contribution in [2.75, 3.05) is 13.2 Å². The number of allylic oxidation sites excluding steroid dienone is 1. The van der Waals surface area contributed by atoms with E-state index in [2.05, 4.69) is 6.58 Å². The number of ether oxygens (including phenoxy) is 2. The van der Waals surface area contributed by atoms with Crippen molar-refractivity contribution in [3.05, 3.63) is 63.7 Å². The number of benzene rings is 2. The zero-order chi connectivity index (χ0) is 22.6. The van der Waals surface area contributed by atoms with Gasteiger partial charge >= 0.3 is 5.97 Å². The number of carbonyl (C=O) groups excluding carboxylic acids is 1. The molecule has 4 nitrogen and oxygen atoms in total. The molecule has 0 atom stereocenters. The molecule has 2 aromatic carbocycles. The molecule has 0 heterocycles. The Balaban J connectivity index is 2.49. The molecule has 0 aliphatic carbocycles. The van der Waals surface area contributed by atoms with Gasteiger partial charge in [0.1, 0.15) is 11.6 Å². The van der Waals surface area contributed by atoms with Crippen molar-refractivity contribution in [2.24, 2.45) is 0 Å². The second kappa shape index (κ2) is 9.94. The average Bonchev–Trinajstić information content (AvgIpc) is 2.65. The Labute approximate surface area is 180 Å². The van der Waals surface area contributed by atoms with E-state index in [0.29, 0.717) is 11.1 Å². The number of carbonyl (C=O) groups is 1. The van der Waals surface area contributed by atoms with E-state index < -0.39 is 24.2 Å². The standard InChI is InChI=1S/C23H25ClF2O4/c1-6-29-19(28)11-30-18-10-16(24)15(20(12(2)3)23(18)26)9-14-7-8-17(27)21(13(4)5)22(14)25/h7-8,10,13,27H,2,6,9,11H2,1,3-5H3. The van der Waals surface area contributed by atoms with E-state index in [4.69, 9.17) is 21.1 Å². The lowest BCUT2D eigenvalue weighted by molar-refractivity contribution is -0.145. The first kappa shape index (κ1) is 23.7. The van der Waals surface area contributed by atoms with E-state index in [1.54, 1.807) is 27.7 Å². The van der Waals surface area contributed by atoms with Crippen LogP contribution in [-0.2, 0) is 16.0 Å². The maximum absolute atomic E-state index is 15.1. The van der Waals surface area contributed by atoms with E-state index >= 15 is 8.78 Å². The number of hydrogen-bond acceptors (Lipinski definition) is 4. The van der Waals surface area contributed by atoms with Gasteiger partial charge in [-0.1, -0.05) is 38.1 Å². The van der Waals surface area contributed by atoms with Crippen LogP contribution in [0.2, 0.25) is 5.02 Å². The minimum absolute atomic E-state index is 0.0120. The number of hydrogen-bond donors (Lipinski definition) is 1. The fourth-order valence-electron chi connectivity index (χ4n) is 3.21. The molecule has 0 spiro atoms. The van der Waals surface area contributed by atoms with Crippen molar-refractivity contribution in [3.63, 3.8) is 0 Å². The largest absolute Gasteiger partial charge is 0.508 e. The predicted molar refractivity (Wildman–Crippen MR) is 113 cm³/mol. The maximum Gasteiger partial charge on any atom is 0.344 e. The van der Waals surface area contributed by atoms with Crippen LogP contribution in [0.3, 0.4) is 0 Å². The van der Waals surface area contributed by atoms with Gasteiger partial charge in [-0.05, 0) is 42.5 Å². The highest BCUT2D eigenvalue weighted by molar-refractivity contribution is 6.31. The van der Waals surface area contributed by atoms with Crippen molar-refractivity contribution in [1.29, 1.82) is 0 Å². The molecular formula is C23H25ClF2O4. The third-order valence-electron chi connectivity index (χ3n) is 4.54. The molecule has 0 bridgehead atoms. The Kier molecular flexibility index (Phi) is 7.84. The number of esters is 1. The summed E-state index contributed by atoms with van der Waals surface area (Å²) in [6.07, 6.45) is -0.0120. The van der Waals surface area contributed by atoms with E-state index in [9.17, 15) is 9.90 Å². The van der Waals surface area contributed by atoms with Gasteiger partial charge in [0.05, 0.1) is 6.61 Å². The fraction of sp³-hybridized carbons (Fsp3) is 0.348. The summed E-state index contributed by atoms with van der Waals surface area (Å²) in [6, 6.07) is 4.10. The molecule has 2 rings (SSSR count). The van der Waals surface area contributed by atoms with Gasteiger partial charge in [0.15, 0.2) is 18.2 Å². The summed E-state index contributed by atoms with van der Waals surface area (Å²) in [7, 11) is 0. The molecule has 162 valence electrons. The van der Waals surface area contributed by atoms with Crippen LogP contribution in [0.25, 0.3) is 5.57 Å². The molecule has 30 heavy (non-hydrogen) atoms. The van der Waals surface area contributed by atoms with Crippen molar-refractivity contribution in [3.8, 4) is 11.5 Å². The van der Waals surface area contributed by atoms with E-state index in [1.165, 1.54) is 18.2 Å². The van der Waals surface area contributed by atoms with Crippen molar-refractivity contribution in [2.45, 2.75) is 40.0 Å². The van der Waals surface area contributed by atoms with Gasteiger partial charge < -0.3 is 14.6 Å². The lowest BCUT2D eigenvalue weighted by Gasteiger charge is -2.18. The van der Waals surface area contributed by atoms with Crippen LogP contribution in [-0.4, -0.2) is 24.3 Å². The molecule has 0 amide bonds. The van der Waals surface area contributed by atoms with Crippen molar-refractivity contribution >= 4 is 23.1 Å². The molecule has 0 saturated heterocycles. The normalized spacial score (nSPS) is 10.9. The van der Waals surface area contributed by atoms with Crippen LogP contribution < -0.4 is 4.74 Å². The van der Waals surface area contributed by atoms with Gasteiger partial charge in [-0.2, -0.15) is 0 Å². The molecular weight excluding hydrogens is 414 g/mol. The van der Waals surface area contributed by atoms with Gasteiger partial charge in [0, 0.05) is 28.6 Å². The van der Waals surface area contributed by atoms with Gasteiger partial charge in [-0.25, -0.2) is 13.6 Å². The van der Waals surface area contributed by atoms with Crippen LogP contribution in [0.15, 0.2) is 24.8 Å². The number of halogens is 3. The highest BCUT2D eigenvalue weighted by Crippen LogP contribution is 2.37. The fourth-order valence-corrected chi connectivity index (χ4v) is 3.47. The molecule has 0 fully saturated rings. The van der Waals surface area contributed by atoms with Crippen LogP contribution in [0.5, 0.6) is 11.5 Å². The Bertz CT molecular complexity index is 970. The van der Waals surface area contributed by atoms with Gasteiger partial charge in [0.25, 0.3) is 0 Å². The smallest absolute Gasteiger partial charge is 0.344 e. The highest BCUT2D eigenvalue weighted by atomic mass is 35.5. The number of rotatable bonds is 8. The van der Waals surface area contributed by atoms with Crippen LogP contribution >= 0.6 is 11.6 Å². The molecule has 0 radical (unpaired) electrons. The molecule has 0 aliphatic heterocycles. The number of phenols is 1. The third-order valence-corrected chi connectivity index (χ3v) is 4.88. The molecule has 7 heteroatoms. The van der Waals surface area contributed by atoms with E-state index in [0.717, 1.165) is 0 Å². The molecule has 0 unspecified atom stereocenters. The third kappa shape index (κ3) is 5.11. The number of aromatic hydroxyl groups is 1. The maximum atomic E-state index is 15.1. The summed E-state index contributed by atoms with van der Waals surface area (Å²) < 4.78 is 40.1. The first-order valence-corrected chi connectivity index (χ1v) is 9.91. The van der Waals surface area contributed by atoms with Crippen molar-refractivity contribution < 1.29 is 28.2 Å². The summed E-state index contributed by atoms with van der Waals surface area (Å²) in [5.74, 6) is -2.53. The quantitative estimate of drug-likeness (QED) is 0.512. The average molecular weight is 439 g/mol. The summed E-state index contributed by atoms with van der Waals surface area (Å²) >= 11 is 6.39. The summed E-state index contributed by atoms with van der Waals surface area (Å²) in [5.41, 5.74) is 1.26. The first-order valence-electron chi connectivity index (χ1n) is 9.53. The van der Waals surface area contributed by atoms with E-state index in [1.807, 2.05) is 0 Å². The molecule has 1 N–H and O–H groups in total. The Morgan fingerprint density at radius 3 is 2.50 bits per heavy atom. The lowest BCUT2D eigenvalue weighted by Crippen LogP contribution is -2.15. The SMILES string of the molecule is C=C(C)c1c(F)c(OCC(=O)OCC)cc(Cl)c1Cc1ccc(O)c(C(C)C)c1F. The van der Waals surface area contributed by atoms with Gasteiger partial charge in [-0.3, -0.25) is 0 Å². The molecule has 0 saturated carbocycles. The Morgan fingerprint density at radius 1 is 1.27 bits per heavy atom. The van der Waals surface area contributed by atoms with E-state index in [-0.39, 0.29) is 52.2 Å². The predicted octanol–water partition coefficient (Wildman–Crippen LogP) is 6.01. The topological polar surface area (TPSA) is 55.8 Å². The Hall–Kier alpha value is -2.60. The number of phenolic OH excluding ortho intramolecular Hbond substituents is 1. The molecule has 0 aliphatic rings. The van der Waals surface area contributed by atoms with Crippen LogP contribution in [0.4, 0.5) is 8.78 Å². The van der Waals surface area contributed by atoms with Gasteiger partial charge in [-0.15, -0.1) is 0 Å². The summed E-state index contributed by atoms with van der Waals surface area (Å²) in [6.45, 7) is 10.3. The zero-order valence-corrected chi connectivity index (χ0v) is 18.2.